The monoisotopic (exact) mass is 370 g/mol. The van der Waals surface area contributed by atoms with Gasteiger partial charge in [0.15, 0.2) is 11.5 Å². The first-order chi connectivity index (χ1) is 13.0. The number of furan rings is 1. The Hall–Kier alpha value is -2.57. The van der Waals surface area contributed by atoms with Gasteiger partial charge < -0.3 is 24.1 Å². The Balaban J connectivity index is 1.58. The van der Waals surface area contributed by atoms with Crippen LogP contribution in [-0.4, -0.2) is 43.6 Å². The number of benzene rings is 1. The second-order valence-corrected chi connectivity index (χ2v) is 7.36. The molecule has 27 heavy (non-hydrogen) atoms. The summed E-state index contributed by atoms with van der Waals surface area (Å²) in [6.45, 7) is 10.2. The fourth-order valence-electron chi connectivity index (χ4n) is 3.87. The molecule has 6 nitrogen and oxygen atoms in total. The Kier molecular flexibility index (Phi) is 4.76. The summed E-state index contributed by atoms with van der Waals surface area (Å²) in [5.74, 6) is 2.11. The number of allylic oxidation sites excluding steroid dienone is 1. The fraction of sp³-hybridized carbons (Fsp3) is 0.381. The van der Waals surface area contributed by atoms with Crippen molar-refractivity contribution < 1.29 is 28.9 Å². The van der Waals surface area contributed by atoms with Gasteiger partial charge in [0.25, 0.3) is 0 Å². The molecule has 1 aromatic carbocycles. The van der Waals surface area contributed by atoms with E-state index < -0.39 is 0 Å². The number of fused-ring (bicyclic) bond motifs is 1. The average molecular weight is 370 g/mol. The quantitative estimate of drug-likeness (QED) is 0.674. The predicted molar refractivity (Wildman–Crippen MR) is 100 cm³/mol. The topological polar surface area (TPSA) is 68.6 Å². The van der Waals surface area contributed by atoms with Crippen molar-refractivity contribution in [3.05, 3.63) is 52.7 Å². The largest absolute Gasteiger partial charge is 0.507 e. The van der Waals surface area contributed by atoms with Crippen LogP contribution in [0.15, 0.2) is 34.4 Å². The molecule has 4 rings (SSSR count). The van der Waals surface area contributed by atoms with E-state index in [1.54, 1.807) is 29.2 Å². The summed E-state index contributed by atoms with van der Waals surface area (Å²) in [5.41, 5.74) is 1.23. The van der Waals surface area contributed by atoms with Gasteiger partial charge >= 0.3 is 0 Å². The van der Waals surface area contributed by atoms with Crippen molar-refractivity contribution in [3.8, 4) is 11.5 Å². The van der Waals surface area contributed by atoms with Crippen LogP contribution in [0.4, 0.5) is 0 Å². The van der Waals surface area contributed by atoms with E-state index >= 15 is 0 Å². The summed E-state index contributed by atoms with van der Waals surface area (Å²) in [5, 5.41) is 10.4. The molecule has 3 N–H and O–H groups in total. The highest BCUT2D eigenvalue weighted by Crippen LogP contribution is 2.39. The normalized spacial score (nSPS) is 23.5. The van der Waals surface area contributed by atoms with Crippen molar-refractivity contribution in [1.29, 1.82) is 0 Å². The van der Waals surface area contributed by atoms with Crippen LogP contribution in [0.5, 0.6) is 11.5 Å². The smallest absolute Gasteiger partial charge is 0.232 e. The van der Waals surface area contributed by atoms with Gasteiger partial charge in [-0.15, -0.1) is 0 Å². The molecule has 0 bridgehead atoms. The number of aromatic hydroxyl groups is 1. The van der Waals surface area contributed by atoms with Gasteiger partial charge in [0.1, 0.15) is 50.0 Å². The SMILES string of the molecule is CC[NH+]1CC[NH+](Cc2c(O)ccc3c2O/C(=C/c2ccc(C)o2)C3=O)CC1. The number of phenolic OH excluding ortho intramolecular Hbond substituents is 1. The van der Waals surface area contributed by atoms with Crippen LogP contribution in [0.25, 0.3) is 6.08 Å². The zero-order valence-corrected chi connectivity index (χ0v) is 15.8. The van der Waals surface area contributed by atoms with Crippen molar-refractivity contribution in [2.24, 2.45) is 0 Å². The van der Waals surface area contributed by atoms with E-state index in [0.717, 1.165) is 44.0 Å². The van der Waals surface area contributed by atoms with Crippen LogP contribution < -0.4 is 14.5 Å². The van der Waals surface area contributed by atoms with Crippen molar-refractivity contribution in [3.63, 3.8) is 0 Å². The molecule has 0 saturated carbocycles. The molecule has 0 unspecified atom stereocenters. The summed E-state index contributed by atoms with van der Waals surface area (Å²) in [6, 6.07) is 6.89. The number of likely N-dealkylation sites (N-methyl/N-ethyl adjacent to an activating group) is 1. The molecule has 2 aliphatic heterocycles. The summed E-state index contributed by atoms with van der Waals surface area (Å²) in [6.07, 6.45) is 1.62. The lowest BCUT2D eigenvalue weighted by atomic mass is 10.0. The third-order valence-corrected chi connectivity index (χ3v) is 5.54. The number of hydrogen-bond acceptors (Lipinski definition) is 4. The molecule has 2 aliphatic rings. The van der Waals surface area contributed by atoms with Gasteiger partial charge in [-0.05, 0) is 38.1 Å². The molecular formula is C21H26N2O4+2. The maximum absolute atomic E-state index is 12.7. The van der Waals surface area contributed by atoms with Crippen LogP contribution in [0, 0.1) is 6.92 Å². The Labute approximate surface area is 158 Å². The molecule has 0 amide bonds. The highest BCUT2D eigenvalue weighted by atomic mass is 16.5. The van der Waals surface area contributed by atoms with Gasteiger partial charge in [-0.1, -0.05) is 0 Å². The Morgan fingerprint density at radius 2 is 1.85 bits per heavy atom. The minimum absolute atomic E-state index is 0.171. The second-order valence-electron chi connectivity index (χ2n) is 7.36. The molecule has 6 heteroatoms. The summed E-state index contributed by atoms with van der Waals surface area (Å²) in [7, 11) is 0. The number of nitrogens with one attached hydrogen (secondary N) is 2. The minimum Gasteiger partial charge on any atom is -0.507 e. The number of quaternary nitrogens is 2. The standard InChI is InChI=1S/C21H24N2O4/c1-3-22-8-10-23(11-9-22)13-17-18(24)7-6-16-20(25)19(27-21(16)17)12-15-5-4-14(2)26-15/h4-7,12,24H,3,8-11,13H2,1-2H3/p+2/b19-12+. The number of ether oxygens (including phenoxy) is 1. The first-order valence-electron chi connectivity index (χ1n) is 9.57. The van der Waals surface area contributed by atoms with Crippen LogP contribution in [-0.2, 0) is 6.54 Å². The molecule has 1 saturated heterocycles. The van der Waals surface area contributed by atoms with Crippen LogP contribution in [0.2, 0.25) is 0 Å². The van der Waals surface area contributed by atoms with Gasteiger partial charge in [-0.2, -0.15) is 0 Å². The maximum Gasteiger partial charge on any atom is 0.232 e. The van der Waals surface area contributed by atoms with Crippen molar-refractivity contribution in [2.75, 3.05) is 32.7 Å². The van der Waals surface area contributed by atoms with E-state index in [2.05, 4.69) is 6.92 Å². The van der Waals surface area contributed by atoms with Crippen molar-refractivity contribution >= 4 is 11.9 Å². The Bertz CT molecular complexity index is 892. The maximum atomic E-state index is 12.7. The summed E-state index contributed by atoms with van der Waals surface area (Å²) >= 11 is 0. The third kappa shape index (κ3) is 3.50. The summed E-state index contributed by atoms with van der Waals surface area (Å²) in [4.78, 5) is 15.7. The van der Waals surface area contributed by atoms with E-state index in [0.29, 0.717) is 23.6 Å². The zero-order chi connectivity index (χ0) is 19.0. The molecule has 142 valence electrons. The molecule has 1 fully saturated rings. The fourth-order valence-corrected chi connectivity index (χ4v) is 3.87. The van der Waals surface area contributed by atoms with Crippen LogP contribution >= 0.6 is 0 Å². The molecule has 0 atom stereocenters. The number of carbonyl (C=O) groups excluding carboxylic acids is 1. The minimum atomic E-state index is -0.171. The predicted octanol–water partition coefficient (Wildman–Crippen LogP) is 0.213. The number of rotatable bonds is 4. The molecule has 0 aliphatic carbocycles. The zero-order valence-electron chi connectivity index (χ0n) is 15.8. The number of hydrogen-bond donors (Lipinski definition) is 3. The Morgan fingerprint density at radius 3 is 2.52 bits per heavy atom. The lowest BCUT2D eigenvalue weighted by molar-refractivity contribution is -1.02. The van der Waals surface area contributed by atoms with Gasteiger partial charge in [0.05, 0.1) is 17.7 Å². The van der Waals surface area contributed by atoms with Gasteiger partial charge in [0.2, 0.25) is 5.78 Å². The number of ketones is 1. The van der Waals surface area contributed by atoms with Crippen LogP contribution in [0.1, 0.15) is 34.4 Å². The van der Waals surface area contributed by atoms with E-state index in [4.69, 9.17) is 9.15 Å². The average Bonchev–Trinajstić information content (AvgIpc) is 3.22. The number of Topliss-reactive ketones (excluding diaryl/α,β-unsaturated/α-hetero) is 1. The van der Waals surface area contributed by atoms with Gasteiger partial charge in [0, 0.05) is 6.08 Å². The third-order valence-electron chi connectivity index (χ3n) is 5.54. The molecule has 0 radical (unpaired) electrons. The number of piperazine rings is 1. The van der Waals surface area contributed by atoms with Gasteiger partial charge in [-0.25, -0.2) is 0 Å². The molecule has 1 aromatic heterocycles. The van der Waals surface area contributed by atoms with E-state index in [1.165, 1.54) is 4.90 Å². The van der Waals surface area contributed by atoms with E-state index in [-0.39, 0.29) is 17.3 Å². The number of aryl methyl sites for hydroxylation is 1. The highest BCUT2D eigenvalue weighted by Gasteiger charge is 2.33. The molecule has 0 spiro atoms. The first-order valence-corrected chi connectivity index (χ1v) is 9.57. The lowest BCUT2D eigenvalue weighted by Crippen LogP contribution is -3.27. The molecule has 3 heterocycles. The second kappa shape index (κ2) is 7.21. The molecular weight excluding hydrogens is 344 g/mol. The highest BCUT2D eigenvalue weighted by molar-refractivity contribution is 6.14. The lowest BCUT2D eigenvalue weighted by Gasteiger charge is -2.29. The van der Waals surface area contributed by atoms with Crippen LogP contribution in [0.3, 0.4) is 0 Å². The number of carbonyl (C=O) groups is 1. The Morgan fingerprint density at radius 1 is 1.11 bits per heavy atom. The van der Waals surface area contributed by atoms with E-state index in [9.17, 15) is 9.90 Å². The van der Waals surface area contributed by atoms with Crippen molar-refractivity contribution in [1.82, 2.24) is 0 Å². The first kappa shape index (κ1) is 17.8. The van der Waals surface area contributed by atoms with Crippen molar-refractivity contribution in [2.45, 2.75) is 20.4 Å². The summed E-state index contributed by atoms with van der Waals surface area (Å²) < 4.78 is 11.4. The van der Waals surface area contributed by atoms with Gasteiger partial charge in [-0.3, -0.25) is 4.79 Å². The number of phenols is 1. The molecule has 2 aromatic rings. The van der Waals surface area contributed by atoms with E-state index in [1.807, 2.05) is 13.0 Å².